The lowest BCUT2D eigenvalue weighted by Crippen LogP contribution is -2.42. The van der Waals surface area contributed by atoms with Crippen molar-refractivity contribution in [3.05, 3.63) is 42.2 Å². The van der Waals surface area contributed by atoms with Crippen molar-refractivity contribution < 1.29 is 18.4 Å². The number of carbonyl (C=O) groups is 2. The molecule has 2 rings (SSSR count). The van der Waals surface area contributed by atoms with Crippen molar-refractivity contribution in [3.63, 3.8) is 0 Å². The molecule has 1 N–H and O–H groups in total. The smallest absolute Gasteiger partial charge is 0.239 e. The van der Waals surface area contributed by atoms with Crippen LogP contribution in [0.4, 0.5) is 4.39 Å². The van der Waals surface area contributed by atoms with E-state index in [1.807, 2.05) is 20.8 Å². The predicted octanol–water partition coefficient (Wildman–Crippen LogP) is 2.79. The number of benzene rings is 1. The molecule has 0 aliphatic carbocycles. The molecule has 0 atom stereocenters. The van der Waals surface area contributed by atoms with Gasteiger partial charge in [0.25, 0.3) is 0 Å². The Balaban J connectivity index is 1.90. The molecule has 6 nitrogen and oxygen atoms in total. The molecule has 2 aromatic rings. The average molecular weight is 361 g/mol. The third-order valence-electron chi connectivity index (χ3n) is 3.75. The molecule has 0 aliphatic heterocycles. The molecule has 1 aromatic heterocycles. The Bertz CT molecular complexity index is 741. The van der Waals surface area contributed by atoms with Gasteiger partial charge in [0.15, 0.2) is 11.7 Å². The van der Waals surface area contributed by atoms with E-state index in [0.717, 1.165) is 5.56 Å². The predicted molar refractivity (Wildman–Crippen MR) is 95.8 cm³/mol. The van der Waals surface area contributed by atoms with Crippen LogP contribution in [0.25, 0.3) is 11.3 Å². The van der Waals surface area contributed by atoms with Gasteiger partial charge in [0.2, 0.25) is 11.8 Å². The summed E-state index contributed by atoms with van der Waals surface area (Å²) in [6.07, 6.45) is 2.09. The number of aryl methyl sites for hydroxylation is 1. The summed E-state index contributed by atoms with van der Waals surface area (Å²) in [4.78, 5) is 29.8. The van der Waals surface area contributed by atoms with Gasteiger partial charge < -0.3 is 14.6 Å². The van der Waals surface area contributed by atoms with Crippen molar-refractivity contribution in [2.75, 3.05) is 13.1 Å². The SMILES string of the molecule is CCN(CC(=O)NC(C)C)C(=O)CCc1ncc(-c2ccc(F)cc2)o1. The van der Waals surface area contributed by atoms with Crippen LogP contribution in [0.15, 0.2) is 34.9 Å². The largest absolute Gasteiger partial charge is 0.441 e. The highest BCUT2D eigenvalue weighted by Gasteiger charge is 2.17. The average Bonchev–Trinajstić information content (AvgIpc) is 3.06. The zero-order chi connectivity index (χ0) is 19.1. The maximum absolute atomic E-state index is 13.0. The number of aromatic nitrogens is 1. The highest BCUT2D eigenvalue weighted by atomic mass is 19.1. The molecule has 0 fully saturated rings. The minimum Gasteiger partial charge on any atom is -0.441 e. The number of nitrogens with one attached hydrogen (secondary N) is 1. The molecular weight excluding hydrogens is 337 g/mol. The minimum atomic E-state index is -0.319. The Kier molecular flexibility index (Phi) is 6.89. The summed E-state index contributed by atoms with van der Waals surface area (Å²) in [6.45, 7) is 6.07. The molecule has 7 heteroatoms. The number of carbonyl (C=O) groups excluding carboxylic acids is 2. The van der Waals surface area contributed by atoms with Gasteiger partial charge in [-0.1, -0.05) is 0 Å². The van der Waals surface area contributed by atoms with Crippen molar-refractivity contribution >= 4 is 11.8 Å². The number of hydrogen-bond donors (Lipinski definition) is 1. The molecule has 2 amide bonds. The zero-order valence-corrected chi connectivity index (χ0v) is 15.3. The first-order valence-corrected chi connectivity index (χ1v) is 8.66. The van der Waals surface area contributed by atoms with Gasteiger partial charge in [-0.05, 0) is 45.0 Å². The lowest BCUT2D eigenvalue weighted by Gasteiger charge is -2.20. The highest BCUT2D eigenvalue weighted by Crippen LogP contribution is 2.21. The maximum atomic E-state index is 13.0. The fourth-order valence-corrected chi connectivity index (χ4v) is 2.46. The van der Waals surface area contributed by atoms with Gasteiger partial charge in [-0.15, -0.1) is 0 Å². The summed E-state index contributed by atoms with van der Waals surface area (Å²) >= 11 is 0. The lowest BCUT2D eigenvalue weighted by molar-refractivity contribution is -0.136. The van der Waals surface area contributed by atoms with E-state index < -0.39 is 0 Å². The molecule has 0 saturated heterocycles. The standard InChI is InChI=1S/C19H24FN3O3/c1-4-23(12-17(24)22-13(2)3)19(25)10-9-18-21-11-16(26-18)14-5-7-15(20)8-6-14/h5-8,11,13H,4,9-10,12H2,1-3H3,(H,22,24). The van der Waals surface area contributed by atoms with Gasteiger partial charge >= 0.3 is 0 Å². The summed E-state index contributed by atoms with van der Waals surface area (Å²) in [7, 11) is 0. The van der Waals surface area contributed by atoms with Crippen LogP contribution in [0.3, 0.4) is 0 Å². The first-order chi connectivity index (χ1) is 12.4. The van der Waals surface area contributed by atoms with Crippen LogP contribution in [-0.2, 0) is 16.0 Å². The summed E-state index contributed by atoms with van der Waals surface area (Å²) in [6, 6.07) is 5.95. The Morgan fingerprint density at radius 1 is 1.27 bits per heavy atom. The van der Waals surface area contributed by atoms with Crippen molar-refractivity contribution in [3.8, 4) is 11.3 Å². The lowest BCUT2D eigenvalue weighted by atomic mass is 10.2. The second-order valence-electron chi connectivity index (χ2n) is 6.26. The van der Waals surface area contributed by atoms with E-state index in [0.29, 0.717) is 24.6 Å². The molecule has 0 aliphatic rings. The third-order valence-corrected chi connectivity index (χ3v) is 3.75. The number of rotatable bonds is 8. The normalized spacial score (nSPS) is 10.8. The van der Waals surface area contributed by atoms with Gasteiger partial charge in [0, 0.05) is 31.0 Å². The zero-order valence-electron chi connectivity index (χ0n) is 15.3. The molecule has 0 unspecified atom stereocenters. The van der Waals surface area contributed by atoms with Gasteiger partial charge in [-0.25, -0.2) is 9.37 Å². The van der Waals surface area contributed by atoms with Crippen LogP contribution in [0.2, 0.25) is 0 Å². The van der Waals surface area contributed by atoms with E-state index in [4.69, 9.17) is 4.42 Å². The third kappa shape index (κ3) is 5.68. The van der Waals surface area contributed by atoms with Crippen LogP contribution in [-0.4, -0.2) is 40.8 Å². The quantitative estimate of drug-likeness (QED) is 0.784. The maximum Gasteiger partial charge on any atom is 0.239 e. The number of nitrogens with zero attached hydrogens (tertiary/aromatic N) is 2. The van der Waals surface area contributed by atoms with Crippen LogP contribution in [0, 0.1) is 5.82 Å². The van der Waals surface area contributed by atoms with E-state index in [1.165, 1.54) is 17.0 Å². The van der Waals surface area contributed by atoms with Crippen molar-refractivity contribution in [2.45, 2.75) is 39.7 Å². The minimum absolute atomic E-state index is 0.0357. The molecule has 0 bridgehead atoms. The van der Waals surface area contributed by atoms with Gasteiger partial charge in [0.1, 0.15) is 5.82 Å². The van der Waals surface area contributed by atoms with E-state index >= 15 is 0 Å². The first kappa shape index (κ1) is 19.6. The fraction of sp³-hybridized carbons (Fsp3) is 0.421. The summed E-state index contributed by atoms with van der Waals surface area (Å²) in [5.74, 6) is 0.328. The van der Waals surface area contributed by atoms with Crippen molar-refractivity contribution in [2.24, 2.45) is 0 Å². The van der Waals surface area contributed by atoms with Gasteiger partial charge in [-0.3, -0.25) is 9.59 Å². The fourth-order valence-electron chi connectivity index (χ4n) is 2.46. The van der Waals surface area contributed by atoms with Crippen LogP contribution in [0.5, 0.6) is 0 Å². The highest BCUT2D eigenvalue weighted by molar-refractivity contribution is 5.84. The summed E-state index contributed by atoms with van der Waals surface area (Å²) in [5, 5.41) is 2.77. The van der Waals surface area contributed by atoms with E-state index in [-0.39, 0.29) is 36.6 Å². The topological polar surface area (TPSA) is 75.4 Å². The number of oxazole rings is 1. The second kappa shape index (κ2) is 9.12. The Morgan fingerprint density at radius 2 is 1.96 bits per heavy atom. The number of halogens is 1. The van der Waals surface area contributed by atoms with E-state index in [2.05, 4.69) is 10.3 Å². The summed E-state index contributed by atoms with van der Waals surface area (Å²) in [5.41, 5.74) is 0.719. The Labute approximate surface area is 152 Å². The van der Waals surface area contributed by atoms with Crippen LogP contribution < -0.4 is 5.32 Å². The second-order valence-corrected chi connectivity index (χ2v) is 6.26. The number of likely N-dealkylation sites (N-methyl/N-ethyl adjacent to an activating group) is 1. The van der Waals surface area contributed by atoms with Gasteiger partial charge in [0.05, 0.1) is 12.7 Å². The van der Waals surface area contributed by atoms with Crippen molar-refractivity contribution in [1.82, 2.24) is 15.2 Å². The van der Waals surface area contributed by atoms with Crippen molar-refractivity contribution in [1.29, 1.82) is 0 Å². The number of amides is 2. The molecule has 1 aromatic carbocycles. The monoisotopic (exact) mass is 361 g/mol. The van der Waals surface area contributed by atoms with Crippen LogP contribution in [0.1, 0.15) is 33.1 Å². The number of hydrogen-bond acceptors (Lipinski definition) is 4. The molecule has 26 heavy (non-hydrogen) atoms. The van der Waals surface area contributed by atoms with Crippen LogP contribution >= 0.6 is 0 Å². The van der Waals surface area contributed by atoms with E-state index in [9.17, 15) is 14.0 Å². The summed E-state index contributed by atoms with van der Waals surface area (Å²) < 4.78 is 18.6. The molecule has 0 saturated carbocycles. The molecule has 0 spiro atoms. The Hall–Kier alpha value is -2.70. The Morgan fingerprint density at radius 3 is 2.58 bits per heavy atom. The first-order valence-electron chi connectivity index (χ1n) is 8.66. The molecule has 140 valence electrons. The molecular formula is C19H24FN3O3. The molecule has 1 heterocycles. The molecule has 0 radical (unpaired) electrons. The van der Waals surface area contributed by atoms with E-state index in [1.54, 1.807) is 18.3 Å². The van der Waals surface area contributed by atoms with Gasteiger partial charge in [-0.2, -0.15) is 0 Å².